The van der Waals surface area contributed by atoms with E-state index in [1.807, 2.05) is 20.8 Å². The van der Waals surface area contributed by atoms with E-state index in [0.29, 0.717) is 10.8 Å². The summed E-state index contributed by atoms with van der Waals surface area (Å²) in [6.45, 7) is 16.9. The molecule has 1 aromatic rings. The Kier molecular flexibility index (Phi) is 11.0. The van der Waals surface area contributed by atoms with E-state index in [-0.39, 0.29) is 0 Å². The van der Waals surface area contributed by atoms with Crippen LogP contribution in [0, 0.1) is 53.3 Å². The first-order valence-corrected chi connectivity index (χ1v) is 16.1. The van der Waals surface area contributed by atoms with Gasteiger partial charge in [-0.15, -0.1) is 0 Å². The second-order valence-corrected chi connectivity index (χ2v) is 13.4. The third-order valence-electron chi connectivity index (χ3n) is 11.6. The van der Waals surface area contributed by atoms with E-state index < -0.39 is 0 Å². The molecular weight excluding hydrogens is 434 g/mol. The van der Waals surface area contributed by atoms with Gasteiger partial charge < -0.3 is 5.73 Å². The van der Waals surface area contributed by atoms with Crippen molar-refractivity contribution in [1.29, 1.82) is 0 Å². The monoisotopic (exact) mass is 495 g/mol. The molecule has 4 aliphatic rings. The lowest BCUT2D eigenvalue weighted by atomic mass is 9.44. The fourth-order valence-corrected chi connectivity index (χ4v) is 9.85. The van der Waals surface area contributed by atoms with Gasteiger partial charge in [0.05, 0.1) is 0 Å². The zero-order chi connectivity index (χ0) is 26.3. The summed E-state index contributed by atoms with van der Waals surface area (Å²) in [6, 6.07) is 9.25. The molecule has 1 heteroatoms. The SMILES string of the molecule is CC.CCN.Cc1ccc(CCCC(C)C2CCC3C4CCC5CCCCC5(C)C4CCC23C)cc1. The van der Waals surface area contributed by atoms with E-state index in [1.165, 1.54) is 56.1 Å². The molecule has 0 amide bonds. The standard InChI is InChI=1S/C31H48.C2H7N.C2H6/c1-22-11-13-24(14-12-22)9-7-8-23(2)27-17-18-28-26-16-15-25-10-5-6-20-30(25,3)29(26)19-21-31(27,28)4;1-2-3;1-2/h11-14,23,25-29H,5-10,15-21H2,1-4H3;2-3H2,1H3;1-2H3. The minimum absolute atomic E-state index is 0.641. The number of nitrogens with two attached hydrogens (primary N) is 1. The summed E-state index contributed by atoms with van der Waals surface area (Å²) >= 11 is 0. The lowest BCUT2D eigenvalue weighted by Crippen LogP contribution is -2.53. The van der Waals surface area contributed by atoms with Crippen LogP contribution in [0.5, 0.6) is 0 Å². The van der Waals surface area contributed by atoms with E-state index in [9.17, 15) is 0 Å². The fraction of sp³-hybridized carbons (Fsp3) is 0.829. The second kappa shape index (κ2) is 13.3. The quantitative estimate of drug-likeness (QED) is 0.432. The minimum atomic E-state index is 0.641. The second-order valence-electron chi connectivity index (χ2n) is 13.4. The van der Waals surface area contributed by atoms with Crippen LogP contribution in [-0.2, 0) is 6.42 Å². The van der Waals surface area contributed by atoms with Crippen molar-refractivity contribution in [3.63, 3.8) is 0 Å². The van der Waals surface area contributed by atoms with E-state index >= 15 is 0 Å². The lowest BCUT2D eigenvalue weighted by molar-refractivity contribution is -0.114. The molecule has 0 heterocycles. The average molecular weight is 496 g/mol. The number of aryl methyl sites for hydroxylation is 2. The van der Waals surface area contributed by atoms with E-state index in [2.05, 4.69) is 52.0 Å². The van der Waals surface area contributed by atoms with Gasteiger partial charge in [0, 0.05) is 0 Å². The maximum absolute atomic E-state index is 4.85. The van der Waals surface area contributed by atoms with Gasteiger partial charge in [-0.3, -0.25) is 0 Å². The molecule has 4 saturated carbocycles. The molecule has 0 aliphatic heterocycles. The molecule has 4 fully saturated rings. The third kappa shape index (κ3) is 6.08. The minimum Gasteiger partial charge on any atom is -0.331 e. The molecule has 0 bridgehead atoms. The van der Waals surface area contributed by atoms with Crippen LogP contribution in [0.25, 0.3) is 0 Å². The van der Waals surface area contributed by atoms with Crippen molar-refractivity contribution in [3.8, 4) is 0 Å². The van der Waals surface area contributed by atoms with E-state index in [4.69, 9.17) is 5.73 Å². The number of hydrogen-bond donors (Lipinski definition) is 1. The molecule has 8 unspecified atom stereocenters. The number of hydrogen-bond acceptors (Lipinski definition) is 1. The van der Waals surface area contributed by atoms with Gasteiger partial charge >= 0.3 is 0 Å². The summed E-state index contributed by atoms with van der Waals surface area (Å²) in [5.41, 5.74) is 9.10. The van der Waals surface area contributed by atoms with Gasteiger partial charge in [0.1, 0.15) is 0 Å². The molecule has 0 radical (unpaired) electrons. The zero-order valence-corrected chi connectivity index (χ0v) is 25.3. The first-order valence-electron chi connectivity index (χ1n) is 16.1. The molecule has 0 aromatic heterocycles. The third-order valence-corrected chi connectivity index (χ3v) is 11.6. The molecular formula is C35H61N. The summed E-state index contributed by atoms with van der Waals surface area (Å²) in [5.74, 6) is 6.09. The largest absolute Gasteiger partial charge is 0.331 e. The topological polar surface area (TPSA) is 26.0 Å². The maximum atomic E-state index is 4.85. The molecule has 0 saturated heterocycles. The molecule has 36 heavy (non-hydrogen) atoms. The normalized spacial score (nSPS) is 37.7. The van der Waals surface area contributed by atoms with Crippen LogP contribution < -0.4 is 5.73 Å². The van der Waals surface area contributed by atoms with Crippen molar-refractivity contribution >= 4 is 0 Å². The molecule has 0 spiro atoms. The van der Waals surface area contributed by atoms with Crippen LogP contribution in [0.1, 0.15) is 130 Å². The molecule has 5 rings (SSSR count). The zero-order valence-electron chi connectivity index (χ0n) is 25.3. The highest BCUT2D eigenvalue weighted by Gasteiger charge is 2.59. The Morgan fingerprint density at radius 3 is 2.22 bits per heavy atom. The smallest absolute Gasteiger partial charge is 0.0106 e. The van der Waals surface area contributed by atoms with Gasteiger partial charge in [0.2, 0.25) is 0 Å². The Labute approximate surface area is 225 Å². The van der Waals surface area contributed by atoms with Gasteiger partial charge in [0.15, 0.2) is 0 Å². The van der Waals surface area contributed by atoms with Crippen molar-refractivity contribution in [3.05, 3.63) is 35.4 Å². The Morgan fingerprint density at radius 1 is 0.861 bits per heavy atom. The summed E-state index contributed by atoms with van der Waals surface area (Å²) < 4.78 is 0. The predicted octanol–water partition coefficient (Wildman–Crippen LogP) is 9.99. The summed E-state index contributed by atoms with van der Waals surface area (Å²) in [6.07, 6.45) is 19.5. The Balaban J connectivity index is 0.000000674. The van der Waals surface area contributed by atoms with Gasteiger partial charge in [-0.25, -0.2) is 0 Å². The van der Waals surface area contributed by atoms with Gasteiger partial charge in [-0.05, 0) is 130 Å². The molecule has 2 N–H and O–H groups in total. The number of benzene rings is 1. The molecule has 206 valence electrons. The molecule has 1 nitrogen and oxygen atoms in total. The Hall–Kier alpha value is -0.820. The lowest BCUT2D eigenvalue weighted by Gasteiger charge is -2.61. The van der Waals surface area contributed by atoms with Crippen molar-refractivity contribution in [2.24, 2.45) is 52.1 Å². The Morgan fingerprint density at radius 2 is 1.53 bits per heavy atom. The van der Waals surface area contributed by atoms with Crippen LogP contribution >= 0.6 is 0 Å². The fourth-order valence-electron chi connectivity index (χ4n) is 9.85. The summed E-state index contributed by atoms with van der Waals surface area (Å²) in [4.78, 5) is 0. The molecule has 8 atom stereocenters. The van der Waals surface area contributed by atoms with E-state index in [1.54, 1.807) is 38.5 Å². The number of fused-ring (bicyclic) bond motifs is 5. The van der Waals surface area contributed by atoms with Crippen molar-refractivity contribution in [2.75, 3.05) is 6.54 Å². The van der Waals surface area contributed by atoms with E-state index in [0.717, 1.165) is 42.1 Å². The van der Waals surface area contributed by atoms with Gasteiger partial charge in [-0.1, -0.05) is 90.6 Å². The average Bonchev–Trinajstić information content (AvgIpc) is 3.24. The van der Waals surface area contributed by atoms with Crippen molar-refractivity contribution < 1.29 is 0 Å². The van der Waals surface area contributed by atoms with Crippen LogP contribution in [0.4, 0.5) is 0 Å². The van der Waals surface area contributed by atoms with Crippen LogP contribution in [0.2, 0.25) is 0 Å². The van der Waals surface area contributed by atoms with Gasteiger partial charge in [0.25, 0.3) is 0 Å². The van der Waals surface area contributed by atoms with Crippen LogP contribution in [0.3, 0.4) is 0 Å². The number of rotatable bonds is 5. The van der Waals surface area contributed by atoms with Crippen LogP contribution in [-0.4, -0.2) is 6.54 Å². The highest BCUT2D eigenvalue weighted by molar-refractivity contribution is 5.21. The van der Waals surface area contributed by atoms with Crippen molar-refractivity contribution in [2.45, 2.75) is 132 Å². The Bertz CT molecular complexity index is 767. The first kappa shape index (κ1) is 29.7. The predicted molar refractivity (Wildman–Crippen MR) is 159 cm³/mol. The first-order chi connectivity index (χ1) is 17.3. The van der Waals surface area contributed by atoms with Crippen LogP contribution in [0.15, 0.2) is 24.3 Å². The van der Waals surface area contributed by atoms with Crippen molar-refractivity contribution in [1.82, 2.24) is 0 Å². The highest BCUT2D eigenvalue weighted by Crippen LogP contribution is 2.68. The molecule has 4 aliphatic carbocycles. The maximum Gasteiger partial charge on any atom is -0.0106 e. The van der Waals surface area contributed by atoms with Gasteiger partial charge in [-0.2, -0.15) is 0 Å². The highest BCUT2D eigenvalue weighted by atomic mass is 14.6. The summed E-state index contributed by atoms with van der Waals surface area (Å²) in [5, 5.41) is 0. The summed E-state index contributed by atoms with van der Waals surface area (Å²) in [7, 11) is 0. The molecule has 1 aromatic carbocycles.